The van der Waals surface area contributed by atoms with Gasteiger partial charge in [-0.2, -0.15) is 5.26 Å². The van der Waals surface area contributed by atoms with Crippen LogP contribution in [0.2, 0.25) is 0 Å². The summed E-state index contributed by atoms with van der Waals surface area (Å²) in [5.41, 5.74) is 0.479. The largest absolute Gasteiger partial charge is 0.493 e. The number of rotatable bonds is 9. The molecule has 0 unspecified atom stereocenters. The Morgan fingerprint density at radius 3 is 2.64 bits per heavy atom. The van der Waals surface area contributed by atoms with Gasteiger partial charge in [-0.25, -0.2) is 4.79 Å². The Hall–Kier alpha value is -3.96. The predicted molar refractivity (Wildman–Crippen MR) is 138 cm³/mol. The van der Waals surface area contributed by atoms with Gasteiger partial charge in [0, 0.05) is 16.5 Å². The molecule has 4 aromatic rings. The first kappa shape index (κ1) is 23.8. The summed E-state index contributed by atoms with van der Waals surface area (Å²) in [6.07, 6.45) is 3.11. The molecule has 0 atom stereocenters. The summed E-state index contributed by atoms with van der Waals surface area (Å²) >= 11 is 1.40. The van der Waals surface area contributed by atoms with Crippen LogP contribution in [0.4, 0.5) is 0 Å². The zero-order valence-corrected chi connectivity index (χ0v) is 20.6. The number of carbonyl (C=O) groups excluding carboxylic acids is 1. The van der Waals surface area contributed by atoms with E-state index in [0.29, 0.717) is 39.6 Å². The molecule has 1 radical (unpaired) electrons. The van der Waals surface area contributed by atoms with Crippen molar-refractivity contribution >= 4 is 27.3 Å². The summed E-state index contributed by atoms with van der Waals surface area (Å²) in [5, 5.41) is 9.63. The first-order valence-corrected chi connectivity index (χ1v) is 12.7. The first-order chi connectivity index (χ1) is 17.5. The van der Waals surface area contributed by atoms with Crippen molar-refractivity contribution in [3.05, 3.63) is 97.0 Å². The standard InChI is InChI=1S/C28H24N3O4S/c1-2-23-13-24-26(33)30(16-25(32)21-8-10-22(11-9-21)35-17-18-6-7-18)28(34)31(27(24)36-23)15-20-5-3-4-19(12-20)14-29/h3,5,8-13,18H,2,6-7,15-17H2,1H3. The van der Waals surface area contributed by atoms with E-state index in [1.807, 2.05) is 6.92 Å². The molecule has 2 heterocycles. The third kappa shape index (κ3) is 4.88. The number of aromatic nitrogens is 2. The molecule has 7 nitrogen and oxygen atoms in total. The molecule has 1 aliphatic carbocycles. The highest BCUT2D eigenvalue weighted by atomic mass is 32.1. The summed E-state index contributed by atoms with van der Waals surface area (Å²) in [6, 6.07) is 18.6. The van der Waals surface area contributed by atoms with Crippen LogP contribution in [0, 0.1) is 23.3 Å². The van der Waals surface area contributed by atoms with E-state index in [1.165, 1.54) is 28.7 Å². The van der Waals surface area contributed by atoms with E-state index in [2.05, 4.69) is 12.1 Å². The fraction of sp³-hybridized carbons (Fsp3) is 0.286. The molecular weight excluding hydrogens is 474 g/mol. The molecule has 1 saturated carbocycles. The van der Waals surface area contributed by atoms with Crippen molar-refractivity contribution in [2.45, 2.75) is 39.3 Å². The number of fused-ring (bicyclic) bond motifs is 1. The lowest BCUT2D eigenvalue weighted by molar-refractivity contribution is 0.0969. The minimum absolute atomic E-state index is 0.170. The molecule has 2 aromatic heterocycles. The quantitative estimate of drug-likeness (QED) is 0.323. The second-order valence-corrected chi connectivity index (χ2v) is 10.1. The van der Waals surface area contributed by atoms with Gasteiger partial charge < -0.3 is 4.74 Å². The van der Waals surface area contributed by atoms with Gasteiger partial charge in [0.2, 0.25) is 0 Å². The van der Waals surface area contributed by atoms with Crippen molar-refractivity contribution in [3.8, 4) is 11.8 Å². The van der Waals surface area contributed by atoms with Crippen LogP contribution in [0.15, 0.2) is 58.1 Å². The molecule has 0 amide bonds. The molecule has 0 saturated heterocycles. The third-order valence-corrected chi connectivity index (χ3v) is 7.58. The molecule has 0 bridgehead atoms. The maximum absolute atomic E-state index is 13.5. The minimum atomic E-state index is -0.555. The lowest BCUT2D eigenvalue weighted by Crippen LogP contribution is -2.41. The predicted octanol–water partition coefficient (Wildman–Crippen LogP) is 4.18. The first-order valence-electron chi connectivity index (χ1n) is 11.9. The lowest BCUT2D eigenvalue weighted by atomic mass is 10.1. The number of benzene rings is 2. The van der Waals surface area contributed by atoms with E-state index in [-0.39, 0.29) is 18.9 Å². The van der Waals surface area contributed by atoms with Gasteiger partial charge in [0.1, 0.15) is 10.6 Å². The maximum Gasteiger partial charge on any atom is 0.332 e. The highest BCUT2D eigenvalue weighted by molar-refractivity contribution is 7.18. The Labute approximate surface area is 211 Å². The molecule has 2 aromatic carbocycles. The van der Waals surface area contributed by atoms with Gasteiger partial charge in [-0.05, 0) is 67.1 Å². The van der Waals surface area contributed by atoms with Crippen molar-refractivity contribution in [2.24, 2.45) is 5.92 Å². The highest BCUT2D eigenvalue weighted by Gasteiger charge is 2.22. The Bertz CT molecular complexity index is 1600. The van der Waals surface area contributed by atoms with Crippen LogP contribution < -0.4 is 16.0 Å². The number of nitriles is 1. The average molecular weight is 499 g/mol. The van der Waals surface area contributed by atoms with Crippen molar-refractivity contribution < 1.29 is 9.53 Å². The zero-order valence-electron chi connectivity index (χ0n) is 19.8. The summed E-state index contributed by atoms with van der Waals surface area (Å²) in [4.78, 5) is 41.4. The summed E-state index contributed by atoms with van der Waals surface area (Å²) < 4.78 is 8.25. The van der Waals surface area contributed by atoms with Crippen molar-refractivity contribution in [3.63, 3.8) is 0 Å². The highest BCUT2D eigenvalue weighted by Crippen LogP contribution is 2.29. The van der Waals surface area contributed by atoms with Crippen molar-refractivity contribution in [1.29, 1.82) is 5.26 Å². The zero-order chi connectivity index (χ0) is 25.2. The van der Waals surface area contributed by atoms with Gasteiger partial charge in [0.25, 0.3) is 5.56 Å². The molecule has 0 aliphatic heterocycles. The number of Topliss-reactive ketones (excluding diaryl/α,β-unsaturated/α-hetero) is 1. The Morgan fingerprint density at radius 1 is 1.17 bits per heavy atom. The number of hydrogen-bond acceptors (Lipinski definition) is 6. The van der Waals surface area contributed by atoms with Crippen molar-refractivity contribution in [2.75, 3.05) is 6.61 Å². The number of thiophene rings is 1. The van der Waals surface area contributed by atoms with Gasteiger partial charge in [0.05, 0.1) is 36.7 Å². The van der Waals surface area contributed by atoms with Crippen LogP contribution in [0.5, 0.6) is 5.75 Å². The summed E-state index contributed by atoms with van der Waals surface area (Å²) in [7, 11) is 0. The van der Waals surface area contributed by atoms with Gasteiger partial charge >= 0.3 is 5.69 Å². The fourth-order valence-electron chi connectivity index (χ4n) is 4.03. The molecule has 5 rings (SSSR count). The fourth-order valence-corrected chi connectivity index (χ4v) is 5.11. The molecule has 0 spiro atoms. The van der Waals surface area contributed by atoms with Gasteiger partial charge in [0.15, 0.2) is 5.78 Å². The van der Waals surface area contributed by atoms with E-state index in [0.717, 1.165) is 21.4 Å². The van der Waals surface area contributed by atoms with Crippen LogP contribution in [0.3, 0.4) is 0 Å². The molecule has 0 N–H and O–H groups in total. The Balaban J connectivity index is 1.49. The van der Waals surface area contributed by atoms with E-state index < -0.39 is 11.2 Å². The van der Waals surface area contributed by atoms with Crippen LogP contribution in [-0.4, -0.2) is 21.5 Å². The van der Waals surface area contributed by atoms with Crippen LogP contribution in [-0.2, 0) is 19.5 Å². The number of ketones is 1. The number of carbonyl (C=O) groups is 1. The number of ether oxygens (including phenoxy) is 1. The SMILES string of the molecule is CCc1cc2c(=O)n(CC(=O)c3ccc(OCC4CC4)cc3)c(=O)n(Cc3cc[c]c(C#N)c3)c2s1. The topological polar surface area (TPSA) is 94.1 Å². The average Bonchev–Trinajstić information content (AvgIpc) is 3.64. The smallest absolute Gasteiger partial charge is 0.332 e. The molecule has 181 valence electrons. The van der Waals surface area contributed by atoms with Crippen LogP contribution >= 0.6 is 11.3 Å². The Morgan fingerprint density at radius 2 is 1.94 bits per heavy atom. The second kappa shape index (κ2) is 9.96. The van der Waals surface area contributed by atoms with Gasteiger partial charge in [-0.1, -0.05) is 19.1 Å². The molecule has 1 fully saturated rings. The summed E-state index contributed by atoms with van der Waals surface area (Å²) in [6.45, 7) is 2.47. The van der Waals surface area contributed by atoms with Gasteiger partial charge in [-0.15, -0.1) is 11.3 Å². The molecule has 36 heavy (non-hydrogen) atoms. The molecule has 8 heteroatoms. The van der Waals surface area contributed by atoms with E-state index in [1.54, 1.807) is 48.5 Å². The van der Waals surface area contributed by atoms with Crippen LogP contribution in [0.1, 0.15) is 46.1 Å². The van der Waals surface area contributed by atoms with E-state index >= 15 is 0 Å². The summed E-state index contributed by atoms with van der Waals surface area (Å²) in [5.74, 6) is 0.989. The number of aryl methyl sites for hydroxylation is 1. The van der Waals surface area contributed by atoms with Gasteiger partial charge in [-0.3, -0.25) is 18.7 Å². The minimum Gasteiger partial charge on any atom is -0.493 e. The van der Waals surface area contributed by atoms with E-state index in [9.17, 15) is 19.6 Å². The van der Waals surface area contributed by atoms with Crippen molar-refractivity contribution in [1.82, 2.24) is 9.13 Å². The van der Waals surface area contributed by atoms with Crippen LogP contribution in [0.25, 0.3) is 10.2 Å². The molecular formula is C28H24N3O4S. The molecule has 1 aliphatic rings. The van der Waals surface area contributed by atoms with E-state index in [4.69, 9.17) is 4.74 Å². The Kier molecular flexibility index (Phi) is 6.57. The maximum atomic E-state index is 13.5. The second-order valence-electron chi connectivity index (χ2n) is 8.97. The lowest BCUT2D eigenvalue weighted by Gasteiger charge is -2.12. The monoisotopic (exact) mass is 498 g/mol. The number of hydrogen-bond donors (Lipinski definition) is 0. The normalized spacial score (nSPS) is 13.0. The number of nitrogens with zero attached hydrogens (tertiary/aromatic N) is 3. The third-order valence-electron chi connectivity index (χ3n) is 6.28.